The first kappa shape index (κ1) is 25.1. The van der Waals surface area contributed by atoms with E-state index in [1.807, 2.05) is 25.1 Å². The summed E-state index contributed by atoms with van der Waals surface area (Å²) in [5.41, 5.74) is 2.87. The molecule has 0 atom stereocenters. The van der Waals surface area contributed by atoms with Crippen LogP contribution < -0.4 is 14.4 Å². The van der Waals surface area contributed by atoms with Crippen LogP contribution in [0.1, 0.15) is 43.7 Å². The van der Waals surface area contributed by atoms with Gasteiger partial charge in [-0.2, -0.15) is 0 Å². The van der Waals surface area contributed by atoms with Gasteiger partial charge < -0.3 is 10.1 Å². The molecule has 8 heteroatoms. The zero-order chi connectivity index (χ0) is 23.7. The Bertz CT molecular complexity index is 1020. The number of sulfonamides is 1. The van der Waals surface area contributed by atoms with Crippen molar-refractivity contribution in [1.82, 2.24) is 10.2 Å². The lowest BCUT2D eigenvalue weighted by molar-refractivity contribution is -0.121. The Hall–Kier alpha value is -2.58. The molecule has 1 saturated heterocycles. The first-order valence-corrected chi connectivity index (χ1v) is 13.5. The highest BCUT2D eigenvalue weighted by Gasteiger charge is 2.21. The zero-order valence-electron chi connectivity index (χ0n) is 19.6. The third-order valence-corrected chi connectivity index (χ3v) is 6.97. The number of likely N-dealkylation sites (tertiary alicyclic amines) is 1. The molecule has 0 aliphatic carbocycles. The number of nitrogens with zero attached hydrogens (tertiary/aromatic N) is 2. The number of hydrogen-bond donors (Lipinski definition) is 1. The van der Waals surface area contributed by atoms with Crippen LogP contribution in [0.25, 0.3) is 0 Å². The second-order valence-corrected chi connectivity index (χ2v) is 10.3. The summed E-state index contributed by atoms with van der Waals surface area (Å²) in [7, 11) is -3.51. The van der Waals surface area contributed by atoms with Gasteiger partial charge in [0.1, 0.15) is 5.75 Å². The largest absolute Gasteiger partial charge is 0.492 e. The fourth-order valence-corrected chi connectivity index (χ4v) is 5.11. The lowest BCUT2D eigenvalue weighted by Gasteiger charge is -2.24. The number of hydrogen-bond acceptors (Lipinski definition) is 5. The van der Waals surface area contributed by atoms with Gasteiger partial charge in [0.25, 0.3) is 0 Å². The molecule has 0 unspecified atom stereocenters. The number of nitrogens with one attached hydrogen (secondary N) is 1. The maximum absolute atomic E-state index is 12.5. The molecule has 7 nitrogen and oxygen atoms in total. The molecular formula is C25H35N3O4S. The molecule has 1 amide bonds. The van der Waals surface area contributed by atoms with Gasteiger partial charge in [-0.25, -0.2) is 8.42 Å². The smallest absolute Gasteiger partial charge is 0.232 e. The van der Waals surface area contributed by atoms with Crippen molar-refractivity contribution in [1.29, 1.82) is 0 Å². The number of rotatable bonds is 12. The van der Waals surface area contributed by atoms with Crippen molar-refractivity contribution in [2.45, 2.75) is 45.7 Å². The number of ether oxygens (including phenoxy) is 1. The first-order chi connectivity index (χ1) is 15.9. The Morgan fingerprint density at radius 3 is 2.42 bits per heavy atom. The summed E-state index contributed by atoms with van der Waals surface area (Å²) in [6.45, 7) is 6.15. The van der Waals surface area contributed by atoms with E-state index in [-0.39, 0.29) is 18.9 Å². The van der Waals surface area contributed by atoms with Gasteiger partial charge in [-0.1, -0.05) is 36.4 Å². The average molecular weight is 474 g/mol. The summed E-state index contributed by atoms with van der Waals surface area (Å²) in [6.07, 6.45) is 4.33. The van der Waals surface area contributed by atoms with Gasteiger partial charge in [-0.15, -0.1) is 0 Å². The van der Waals surface area contributed by atoms with Crippen molar-refractivity contribution in [3.8, 4) is 5.75 Å². The van der Waals surface area contributed by atoms with E-state index in [0.29, 0.717) is 31.0 Å². The zero-order valence-corrected chi connectivity index (χ0v) is 20.4. The molecular weight excluding hydrogens is 438 g/mol. The van der Waals surface area contributed by atoms with Crippen LogP contribution in [0.15, 0.2) is 48.5 Å². The summed E-state index contributed by atoms with van der Waals surface area (Å²) >= 11 is 0. The molecule has 2 aromatic carbocycles. The second kappa shape index (κ2) is 12.0. The minimum Gasteiger partial charge on any atom is -0.492 e. The Balaban J connectivity index is 1.54. The highest BCUT2D eigenvalue weighted by molar-refractivity contribution is 7.92. The van der Waals surface area contributed by atoms with E-state index in [1.165, 1.54) is 29.0 Å². The average Bonchev–Trinajstić information content (AvgIpc) is 3.29. The van der Waals surface area contributed by atoms with Crippen molar-refractivity contribution >= 4 is 21.6 Å². The van der Waals surface area contributed by atoms with Crippen molar-refractivity contribution < 1.29 is 17.9 Å². The summed E-state index contributed by atoms with van der Waals surface area (Å²) in [4.78, 5) is 14.9. The third-order valence-electron chi connectivity index (χ3n) is 5.79. The maximum Gasteiger partial charge on any atom is 0.232 e. The van der Waals surface area contributed by atoms with Gasteiger partial charge in [0.15, 0.2) is 0 Å². The van der Waals surface area contributed by atoms with Gasteiger partial charge in [-0.3, -0.25) is 14.0 Å². The van der Waals surface area contributed by atoms with Gasteiger partial charge in [-0.05, 0) is 62.5 Å². The fraction of sp³-hybridized carbons (Fsp3) is 0.480. The van der Waals surface area contributed by atoms with Crippen LogP contribution in [-0.2, 0) is 27.9 Å². The second-order valence-electron chi connectivity index (χ2n) is 8.37. The monoisotopic (exact) mass is 473 g/mol. The lowest BCUT2D eigenvalue weighted by atomic mass is 10.1. The number of benzene rings is 2. The first-order valence-electron chi connectivity index (χ1n) is 11.6. The summed E-state index contributed by atoms with van der Waals surface area (Å²) in [6, 6.07) is 15.3. The van der Waals surface area contributed by atoms with E-state index >= 15 is 0 Å². The van der Waals surface area contributed by atoms with Gasteiger partial charge in [0, 0.05) is 26.1 Å². The number of carbonyl (C=O) groups is 1. The molecule has 0 spiro atoms. The molecule has 0 saturated carbocycles. The minimum atomic E-state index is -3.51. The van der Waals surface area contributed by atoms with Crippen LogP contribution in [0.5, 0.6) is 5.75 Å². The molecule has 0 radical (unpaired) electrons. The number of amides is 1. The molecule has 0 aromatic heterocycles. The van der Waals surface area contributed by atoms with Crippen LogP contribution in [-0.4, -0.2) is 51.7 Å². The Morgan fingerprint density at radius 1 is 1.06 bits per heavy atom. The van der Waals surface area contributed by atoms with E-state index in [4.69, 9.17) is 4.74 Å². The van der Waals surface area contributed by atoms with Gasteiger partial charge in [0.2, 0.25) is 15.9 Å². The van der Waals surface area contributed by atoms with Crippen LogP contribution in [0.4, 0.5) is 5.69 Å². The van der Waals surface area contributed by atoms with Crippen molar-refractivity contribution in [3.63, 3.8) is 0 Å². The molecule has 33 heavy (non-hydrogen) atoms. The predicted molar refractivity (Wildman–Crippen MR) is 132 cm³/mol. The minimum absolute atomic E-state index is 0.0856. The molecule has 1 aliphatic heterocycles. The Kier molecular flexibility index (Phi) is 9.14. The van der Waals surface area contributed by atoms with Crippen molar-refractivity contribution in [2.75, 3.05) is 36.8 Å². The molecule has 1 N–H and O–H groups in total. The summed E-state index contributed by atoms with van der Waals surface area (Å²) in [5.74, 6) is 0.432. The quantitative estimate of drug-likeness (QED) is 0.510. The van der Waals surface area contributed by atoms with Crippen molar-refractivity contribution in [3.05, 3.63) is 59.7 Å². The van der Waals surface area contributed by atoms with Gasteiger partial charge in [0.05, 0.1) is 18.6 Å². The number of anilines is 1. The Labute approximate surface area is 197 Å². The lowest BCUT2D eigenvalue weighted by Crippen LogP contribution is -2.32. The molecule has 2 aromatic rings. The fourth-order valence-electron chi connectivity index (χ4n) is 4.14. The standard InChI is InChI=1S/C25H35N3O4S/c1-3-32-24-14-7-6-13-23(24)28(33(2,30)31)18-10-15-25(29)26-19-21-11-4-5-12-22(21)20-27-16-8-9-17-27/h4-7,11-14H,3,8-10,15-20H2,1-2H3,(H,26,29). The molecule has 1 heterocycles. The molecule has 1 aliphatic rings. The van der Waals surface area contributed by atoms with Crippen LogP contribution in [0, 0.1) is 0 Å². The third kappa shape index (κ3) is 7.47. The molecule has 3 rings (SSSR count). The van der Waals surface area contributed by atoms with E-state index in [1.54, 1.807) is 18.2 Å². The van der Waals surface area contributed by atoms with E-state index in [9.17, 15) is 13.2 Å². The predicted octanol–water partition coefficient (Wildman–Crippen LogP) is 3.54. The van der Waals surface area contributed by atoms with E-state index < -0.39 is 10.0 Å². The number of para-hydroxylation sites is 2. The number of carbonyl (C=O) groups excluding carboxylic acids is 1. The van der Waals surface area contributed by atoms with Gasteiger partial charge >= 0.3 is 0 Å². The van der Waals surface area contributed by atoms with E-state index in [2.05, 4.69) is 22.3 Å². The van der Waals surface area contributed by atoms with Crippen LogP contribution in [0.2, 0.25) is 0 Å². The molecule has 180 valence electrons. The maximum atomic E-state index is 12.5. The SMILES string of the molecule is CCOc1ccccc1N(CCCC(=O)NCc1ccccc1CN1CCCC1)S(C)(=O)=O. The van der Waals surface area contributed by atoms with Crippen molar-refractivity contribution in [2.24, 2.45) is 0 Å². The Morgan fingerprint density at radius 2 is 1.73 bits per heavy atom. The molecule has 0 bridgehead atoms. The van der Waals surface area contributed by atoms with Crippen LogP contribution in [0.3, 0.4) is 0 Å². The highest BCUT2D eigenvalue weighted by Crippen LogP contribution is 2.30. The topological polar surface area (TPSA) is 79.0 Å². The van der Waals surface area contributed by atoms with Crippen LogP contribution >= 0.6 is 0 Å². The molecule has 1 fully saturated rings. The van der Waals surface area contributed by atoms with E-state index in [0.717, 1.165) is 25.2 Å². The normalized spacial score (nSPS) is 14.2. The summed E-state index contributed by atoms with van der Waals surface area (Å²) in [5, 5.41) is 3.00. The highest BCUT2D eigenvalue weighted by atomic mass is 32.2. The summed E-state index contributed by atoms with van der Waals surface area (Å²) < 4.78 is 31.8.